The number of nitrogens with zero attached hydrogens (tertiary/aromatic N) is 3. The number of likely N-dealkylation sites (tertiary alicyclic amines) is 1. The van der Waals surface area contributed by atoms with Crippen molar-refractivity contribution >= 4 is 11.9 Å². The molecule has 1 fully saturated rings. The Hall–Kier alpha value is -4.70. The fraction of sp³-hybridized carbons (Fsp3) is 0.429. The van der Waals surface area contributed by atoms with Gasteiger partial charge in [0.05, 0.1) is 36.8 Å². The summed E-state index contributed by atoms with van der Waals surface area (Å²) in [5.41, 5.74) is -1.27. The molecular weight excluding hydrogens is 632 g/mol. The minimum Gasteiger partial charge on any atom is -0.497 e. The quantitative estimate of drug-likeness (QED) is 0.213. The first-order valence-corrected chi connectivity index (χ1v) is 15.6. The van der Waals surface area contributed by atoms with Crippen LogP contribution in [0.15, 0.2) is 47.4 Å². The van der Waals surface area contributed by atoms with E-state index in [1.165, 1.54) is 32.2 Å². The van der Waals surface area contributed by atoms with E-state index in [2.05, 4.69) is 11.4 Å². The molecule has 1 amide bonds. The van der Waals surface area contributed by atoms with E-state index in [1.807, 2.05) is 4.90 Å². The average molecular weight is 671 g/mol. The lowest BCUT2D eigenvalue weighted by Gasteiger charge is -2.31. The van der Waals surface area contributed by atoms with Crippen molar-refractivity contribution in [3.63, 3.8) is 0 Å². The Bertz CT molecular complexity index is 1780. The SMILES string of the molecule is COc1ccc(-c2cc(C)c(F)c([C@H](CC(=O)O)NC(=O)C(CC(C)C)n3cc(CCN4CCC4)c(C(F)(F)F)cc3=O)c2)c(C#N)c1. The monoisotopic (exact) mass is 670 g/mol. The number of carbonyl (C=O) groups is 2. The van der Waals surface area contributed by atoms with Crippen LogP contribution in [0.2, 0.25) is 0 Å². The van der Waals surface area contributed by atoms with Gasteiger partial charge in [-0.25, -0.2) is 4.39 Å². The van der Waals surface area contributed by atoms with Crippen LogP contribution in [0.1, 0.15) is 73.0 Å². The minimum absolute atomic E-state index is 0.000105. The summed E-state index contributed by atoms with van der Waals surface area (Å²) >= 11 is 0. The highest BCUT2D eigenvalue weighted by atomic mass is 19.4. The zero-order valence-corrected chi connectivity index (χ0v) is 27.2. The maximum Gasteiger partial charge on any atom is 0.416 e. The van der Waals surface area contributed by atoms with Gasteiger partial charge in [0.25, 0.3) is 5.56 Å². The average Bonchev–Trinajstić information content (AvgIpc) is 2.99. The molecule has 0 aliphatic carbocycles. The standard InChI is InChI=1S/C35H38F4N4O5/c1-20(2)12-30(43-19-22(8-11-42-9-5-10-42)28(16-31(43)44)35(37,38)39)34(47)41-29(17-32(45)46)27-15-23(13-21(3)33(27)36)26-7-6-25(48-4)14-24(26)18-40/h6-7,13-16,19-20,29-30H,5,8-12,17H2,1-4H3,(H,41,47)(H,45,46)/t29-,30?/m0/s1. The number of methoxy groups -OCH3 is 1. The van der Waals surface area contributed by atoms with E-state index in [0.29, 0.717) is 29.5 Å². The molecule has 1 aliphatic rings. The zero-order chi connectivity index (χ0) is 35.3. The van der Waals surface area contributed by atoms with Crippen LogP contribution < -0.4 is 15.6 Å². The third-order valence-corrected chi connectivity index (χ3v) is 8.46. The number of amides is 1. The lowest BCUT2D eigenvalue weighted by atomic mass is 9.92. The number of carboxylic acid groups (broad SMARTS) is 1. The van der Waals surface area contributed by atoms with Crippen molar-refractivity contribution in [2.75, 3.05) is 26.7 Å². The first-order chi connectivity index (χ1) is 22.6. The van der Waals surface area contributed by atoms with E-state index in [9.17, 15) is 37.9 Å². The van der Waals surface area contributed by atoms with Crippen LogP contribution in [0.4, 0.5) is 17.6 Å². The number of rotatable bonds is 13. The number of aliphatic carboxylic acids is 1. The molecule has 0 radical (unpaired) electrons. The van der Waals surface area contributed by atoms with Gasteiger partial charge in [0.2, 0.25) is 5.91 Å². The molecule has 2 N–H and O–H groups in total. The van der Waals surface area contributed by atoms with Crippen molar-refractivity contribution in [1.82, 2.24) is 14.8 Å². The van der Waals surface area contributed by atoms with Crippen LogP contribution in [0.25, 0.3) is 11.1 Å². The van der Waals surface area contributed by atoms with Crippen LogP contribution in [0.3, 0.4) is 0 Å². The molecule has 13 heteroatoms. The number of carboxylic acids is 1. The summed E-state index contributed by atoms with van der Waals surface area (Å²) in [4.78, 5) is 41.1. The molecule has 0 spiro atoms. The Balaban J connectivity index is 1.77. The largest absolute Gasteiger partial charge is 0.497 e. The smallest absolute Gasteiger partial charge is 0.416 e. The van der Waals surface area contributed by atoms with Gasteiger partial charge in [0.15, 0.2) is 0 Å². The van der Waals surface area contributed by atoms with Crippen molar-refractivity contribution in [1.29, 1.82) is 5.26 Å². The fourth-order valence-electron chi connectivity index (χ4n) is 5.86. The van der Waals surface area contributed by atoms with E-state index in [0.717, 1.165) is 30.3 Å². The van der Waals surface area contributed by atoms with Crippen LogP contribution >= 0.6 is 0 Å². The summed E-state index contributed by atoms with van der Waals surface area (Å²) < 4.78 is 63.9. The predicted octanol–water partition coefficient (Wildman–Crippen LogP) is 6.03. The molecule has 9 nitrogen and oxygen atoms in total. The molecule has 2 heterocycles. The van der Waals surface area contributed by atoms with Gasteiger partial charge >= 0.3 is 12.1 Å². The number of hydrogen-bond donors (Lipinski definition) is 2. The number of carbonyl (C=O) groups excluding carboxylic acids is 1. The molecule has 2 aromatic carbocycles. The molecule has 3 aromatic rings. The van der Waals surface area contributed by atoms with Gasteiger partial charge in [-0.05, 0) is 97.8 Å². The molecule has 48 heavy (non-hydrogen) atoms. The van der Waals surface area contributed by atoms with Gasteiger partial charge in [0.1, 0.15) is 17.6 Å². The Morgan fingerprint density at radius 1 is 1.15 bits per heavy atom. The van der Waals surface area contributed by atoms with E-state index < -0.39 is 53.5 Å². The van der Waals surface area contributed by atoms with Gasteiger partial charge in [0, 0.05) is 24.4 Å². The number of nitrogens with one attached hydrogen (secondary N) is 1. The molecule has 2 atom stereocenters. The first-order valence-electron chi connectivity index (χ1n) is 15.6. The second kappa shape index (κ2) is 15.0. The number of nitriles is 1. The number of hydrogen-bond acceptors (Lipinski definition) is 6. The van der Waals surface area contributed by atoms with Crippen LogP contribution in [0, 0.1) is 30.0 Å². The van der Waals surface area contributed by atoms with Crippen molar-refractivity contribution in [3.8, 4) is 22.9 Å². The molecule has 256 valence electrons. The lowest BCUT2D eigenvalue weighted by molar-refractivity contribution is -0.139. The Labute approximate surface area is 275 Å². The molecule has 0 bridgehead atoms. The first kappa shape index (κ1) is 36.1. The summed E-state index contributed by atoms with van der Waals surface area (Å²) in [5.74, 6) is -2.78. The van der Waals surface area contributed by atoms with E-state index in [4.69, 9.17) is 4.74 Å². The molecule has 1 aliphatic heterocycles. The fourth-order valence-corrected chi connectivity index (χ4v) is 5.86. The normalized spacial score (nSPS) is 14.6. The van der Waals surface area contributed by atoms with E-state index in [1.54, 1.807) is 26.0 Å². The number of aromatic nitrogens is 1. The Morgan fingerprint density at radius 2 is 1.85 bits per heavy atom. The molecule has 1 unspecified atom stereocenters. The number of aryl methyl sites for hydroxylation is 1. The number of pyridine rings is 1. The van der Waals surface area contributed by atoms with Gasteiger partial charge in [-0.2, -0.15) is 18.4 Å². The number of benzene rings is 2. The second-order valence-corrected chi connectivity index (χ2v) is 12.4. The molecule has 4 rings (SSSR count). The summed E-state index contributed by atoms with van der Waals surface area (Å²) in [6, 6.07) is 7.38. The molecule has 1 aromatic heterocycles. The minimum atomic E-state index is -4.79. The number of alkyl halides is 3. The topological polar surface area (TPSA) is 125 Å². The van der Waals surface area contributed by atoms with E-state index >= 15 is 4.39 Å². The molecule has 0 saturated carbocycles. The van der Waals surface area contributed by atoms with Crippen molar-refractivity contribution in [3.05, 3.63) is 86.6 Å². The van der Waals surface area contributed by atoms with E-state index in [-0.39, 0.29) is 41.0 Å². The number of halogens is 4. The van der Waals surface area contributed by atoms with Gasteiger partial charge in [-0.15, -0.1) is 0 Å². The molecular formula is C35H38F4N4O5. The summed E-state index contributed by atoms with van der Waals surface area (Å²) in [7, 11) is 1.44. The third-order valence-electron chi connectivity index (χ3n) is 8.46. The zero-order valence-electron chi connectivity index (χ0n) is 27.2. The highest BCUT2D eigenvalue weighted by molar-refractivity contribution is 5.82. The van der Waals surface area contributed by atoms with Crippen LogP contribution in [-0.2, 0) is 22.2 Å². The second-order valence-electron chi connectivity index (χ2n) is 12.4. The maximum absolute atomic E-state index is 15.7. The highest BCUT2D eigenvalue weighted by Gasteiger charge is 2.36. The lowest BCUT2D eigenvalue weighted by Crippen LogP contribution is -2.41. The summed E-state index contributed by atoms with van der Waals surface area (Å²) in [6.07, 6.45) is -3.48. The third kappa shape index (κ3) is 8.41. The summed E-state index contributed by atoms with van der Waals surface area (Å²) in [5, 5.41) is 22.1. The van der Waals surface area contributed by atoms with Gasteiger partial charge in [-0.1, -0.05) is 13.8 Å². The Kier molecular flexibility index (Phi) is 11.3. The molecule has 1 saturated heterocycles. The van der Waals surface area contributed by atoms with Crippen LogP contribution in [0.5, 0.6) is 5.75 Å². The van der Waals surface area contributed by atoms with Crippen LogP contribution in [-0.4, -0.2) is 53.2 Å². The van der Waals surface area contributed by atoms with Gasteiger partial charge in [-0.3, -0.25) is 14.4 Å². The highest BCUT2D eigenvalue weighted by Crippen LogP contribution is 2.35. The predicted molar refractivity (Wildman–Crippen MR) is 170 cm³/mol. The van der Waals surface area contributed by atoms with Crippen molar-refractivity contribution < 1.29 is 37.0 Å². The van der Waals surface area contributed by atoms with Crippen molar-refractivity contribution in [2.45, 2.75) is 64.7 Å². The Morgan fingerprint density at radius 3 is 2.42 bits per heavy atom. The maximum atomic E-state index is 15.7. The number of ether oxygens (including phenoxy) is 1. The van der Waals surface area contributed by atoms with Crippen molar-refractivity contribution in [2.24, 2.45) is 5.92 Å². The van der Waals surface area contributed by atoms with Gasteiger partial charge < -0.3 is 24.6 Å². The summed E-state index contributed by atoms with van der Waals surface area (Å²) in [6.45, 7) is 6.87.